The van der Waals surface area contributed by atoms with E-state index in [0.717, 1.165) is 11.1 Å². The number of benzene rings is 1. The second kappa shape index (κ2) is 15.5. The first-order valence-corrected chi connectivity index (χ1v) is 10.2. The van der Waals surface area contributed by atoms with Crippen molar-refractivity contribution in [3.05, 3.63) is 35.4 Å². The summed E-state index contributed by atoms with van der Waals surface area (Å²) < 4.78 is 0. The Morgan fingerprint density at radius 3 is 1.34 bits per heavy atom. The molecule has 1 aromatic rings. The van der Waals surface area contributed by atoms with Gasteiger partial charge in [0.2, 0.25) is 0 Å². The molecule has 0 radical (unpaired) electrons. The van der Waals surface area contributed by atoms with E-state index < -0.39 is 0 Å². The molecule has 0 saturated carbocycles. The van der Waals surface area contributed by atoms with Crippen LogP contribution >= 0.6 is 0 Å². The van der Waals surface area contributed by atoms with Crippen LogP contribution in [0, 0.1) is 45.3 Å². The Kier molecular flexibility index (Phi) is 12.5. The number of carbonyl (C=O) groups is 2. The van der Waals surface area contributed by atoms with Crippen LogP contribution in [0.1, 0.15) is 36.8 Å². The zero-order valence-electron chi connectivity index (χ0n) is 17.9. The highest BCUT2D eigenvalue weighted by molar-refractivity contribution is 5.74. The predicted molar refractivity (Wildman–Crippen MR) is 115 cm³/mol. The predicted octanol–water partition coefficient (Wildman–Crippen LogP) is 2.36. The van der Waals surface area contributed by atoms with E-state index in [0.29, 0.717) is 0 Å². The third-order valence-corrected chi connectivity index (χ3v) is 4.43. The summed E-state index contributed by atoms with van der Waals surface area (Å²) in [4.78, 5) is 27.6. The van der Waals surface area contributed by atoms with Crippen molar-refractivity contribution < 1.29 is 9.59 Å². The molecule has 10 heteroatoms. The molecule has 32 heavy (non-hydrogen) atoms. The van der Waals surface area contributed by atoms with Crippen molar-refractivity contribution in [2.45, 2.75) is 38.8 Å². The van der Waals surface area contributed by atoms with E-state index in [-0.39, 0.29) is 77.0 Å². The summed E-state index contributed by atoms with van der Waals surface area (Å²) in [5, 5.41) is 40.5. The molecule has 0 aromatic heterocycles. The van der Waals surface area contributed by atoms with Gasteiger partial charge in [-0.25, -0.2) is 9.59 Å². The Labute approximate surface area is 188 Å². The normalized spacial score (nSPS) is 9.38. The highest BCUT2D eigenvalue weighted by Crippen LogP contribution is 2.06. The average molecular weight is 435 g/mol. The average Bonchev–Trinajstić information content (AvgIpc) is 2.81. The van der Waals surface area contributed by atoms with Crippen LogP contribution in [0.2, 0.25) is 0 Å². The molecule has 10 nitrogen and oxygen atoms in total. The number of carbonyl (C=O) groups excluding carboxylic acids is 2. The summed E-state index contributed by atoms with van der Waals surface area (Å²) in [5.74, 6) is 0. The van der Waals surface area contributed by atoms with Crippen LogP contribution in [-0.4, -0.2) is 48.0 Å². The van der Waals surface area contributed by atoms with Gasteiger partial charge < -0.3 is 20.4 Å². The topological polar surface area (TPSA) is 160 Å². The molecule has 0 fully saturated rings. The molecule has 0 bridgehead atoms. The smallest absolute Gasteiger partial charge is 0.317 e. The zero-order chi connectivity index (χ0) is 23.6. The summed E-state index contributed by atoms with van der Waals surface area (Å²) in [6, 6.07) is 14.6. The van der Waals surface area contributed by atoms with Crippen LogP contribution in [0.15, 0.2) is 24.3 Å². The number of amides is 4. The largest absolute Gasteiger partial charge is 0.334 e. The van der Waals surface area contributed by atoms with Gasteiger partial charge in [-0.2, -0.15) is 21.0 Å². The Morgan fingerprint density at radius 2 is 1.03 bits per heavy atom. The minimum Gasteiger partial charge on any atom is -0.334 e. The maximum Gasteiger partial charge on any atom is 0.317 e. The minimum absolute atomic E-state index is 0.188. The van der Waals surface area contributed by atoms with E-state index in [1.54, 1.807) is 0 Å². The Balaban J connectivity index is 2.63. The molecule has 1 aromatic carbocycles. The van der Waals surface area contributed by atoms with Crippen LogP contribution in [-0.2, 0) is 13.1 Å². The van der Waals surface area contributed by atoms with Crippen LogP contribution < -0.4 is 10.6 Å². The molecule has 0 heterocycles. The van der Waals surface area contributed by atoms with Gasteiger partial charge in [0.1, 0.15) is 0 Å². The SMILES string of the molecule is N#CCCN(CCC#N)C(=O)NCc1cccc(CNC(=O)N(CCC#N)CCC#N)c1. The van der Waals surface area contributed by atoms with Crippen LogP contribution in [0.5, 0.6) is 0 Å². The number of nitrogens with zero attached hydrogens (tertiary/aromatic N) is 6. The highest BCUT2D eigenvalue weighted by Gasteiger charge is 2.14. The molecular formula is C22H26N8O2. The van der Waals surface area contributed by atoms with Crippen molar-refractivity contribution >= 4 is 12.1 Å². The minimum atomic E-state index is -0.347. The lowest BCUT2D eigenvalue weighted by Gasteiger charge is -2.21. The molecule has 4 amide bonds. The standard InChI is InChI=1S/C22H26N8O2/c23-8-2-12-29(13-3-9-24)21(31)27-17-19-6-1-7-20(16-19)18-28-22(32)30(14-4-10-25)15-5-11-26/h1,6-7,16H,2-5,12-15,17-18H2,(H,27,31)(H,28,32). The maximum atomic E-state index is 12.4. The van der Waals surface area contributed by atoms with Crippen molar-refractivity contribution in [2.24, 2.45) is 0 Å². The number of nitriles is 4. The number of rotatable bonds is 12. The van der Waals surface area contributed by atoms with E-state index in [9.17, 15) is 9.59 Å². The molecule has 0 spiro atoms. The fourth-order valence-corrected chi connectivity index (χ4v) is 2.80. The van der Waals surface area contributed by atoms with E-state index in [1.807, 2.05) is 48.5 Å². The molecule has 0 aliphatic rings. The molecule has 0 unspecified atom stereocenters. The molecular weight excluding hydrogens is 408 g/mol. The first-order valence-electron chi connectivity index (χ1n) is 10.2. The summed E-state index contributed by atoms with van der Waals surface area (Å²) in [7, 11) is 0. The van der Waals surface area contributed by atoms with E-state index >= 15 is 0 Å². The van der Waals surface area contributed by atoms with Crippen LogP contribution in [0.4, 0.5) is 9.59 Å². The van der Waals surface area contributed by atoms with E-state index in [4.69, 9.17) is 21.0 Å². The lowest BCUT2D eigenvalue weighted by molar-refractivity contribution is 0.199. The summed E-state index contributed by atoms with van der Waals surface area (Å²) in [6.07, 6.45) is 0.753. The molecule has 0 atom stereocenters. The third-order valence-electron chi connectivity index (χ3n) is 4.43. The second-order valence-corrected chi connectivity index (χ2v) is 6.74. The number of hydrogen-bond donors (Lipinski definition) is 2. The lowest BCUT2D eigenvalue weighted by atomic mass is 10.1. The van der Waals surface area contributed by atoms with Crippen LogP contribution in [0.25, 0.3) is 0 Å². The van der Waals surface area contributed by atoms with Gasteiger partial charge in [-0.15, -0.1) is 0 Å². The molecule has 166 valence electrons. The van der Waals surface area contributed by atoms with Crippen molar-refractivity contribution in [1.29, 1.82) is 21.0 Å². The Hall–Kier alpha value is -4.28. The third kappa shape index (κ3) is 9.96. The highest BCUT2D eigenvalue weighted by atomic mass is 16.2. The van der Waals surface area contributed by atoms with Gasteiger partial charge in [0.25, 0.3) is 0 Å². The first-order chi connectivity index (χ1) is 15.5. The molecule has 1 rings (SSSR count). The van der Waals surface area contributed by atoms with Crippen molar-refractivity contribution in [1.82, 2.24) is 20.4 Å². The summed E-state index contributed by atoms with van der Waals surface area (Å²) in [6.45, 7) is 1.53. The van der Waals surface area contributed by atoms with Gasteiger partial charge in [0, 0.05) is 39.3 Å². The van der Waals surface area contributed by atoms with Gasteiger partial charge in [0.15, 0.2) is 0 Å². The van der Waals surface area contributed by atoms with Crippen molar-refractivity contribution in [3.63, 3.8) is 0 Å². The second-order valence-electron chi connectivity index (χ2n) is 6.74. The van der Waals surface area contributed by atoms with Gasteiger partial charge >= 0.3 is 12.1 Å². The van der Waals surface area contributed by atoms with E-state index in [2.05, 4.69) is 10.6 Å². The zero-order valence-corrected chi connectivity index (χ0v) is 17.9. The lowest BCUT2D eigenvalue weighted by Crippen LogP contribution is -2.41. The number of urea groups is 2. The Bertz CT molecular complexity index is 812. The molecule has 0 saturated heterocycles. The fourth-order valence-electron chi connectivity index (χ4n) is 2.80. The Morgan fingerprint density at radius 1 is 0.688 bits per heavy atom. The van der Waals surface area contributed by atoms with Gasteiger partial charge in [-0.1, -0.05) is 24.3 Å². The van der Waals surface area contributed by atoms with Gasteiger partial charge in [-0.05, 0) is 11.1 Å². The van der Waals surface area contributed by atoms with E-state index in [1.165, 1.54) is 9.80 Å². The monoisotopic (exact) mass is 434 g/mol. The quantitative estimate of drug-likeness (QED) is 0.513. The molecule has 0 aliphatic carbocycles. The maximum absolute atomic E-state index is 12.4. The van der Waals surface area contributed by atoms with Crippen molar-refractivity contribution in [2.75, 3.05) is 26.2 Å². The molecule has 0 aliphatic heterocycles. The fraction of sp³-hybridized carbons (Fsp3) is 0.455. The van der Waals surface area contributed by atoms with Crippen LogP contribution in [0.3, 0.4) is 0 Å². The first kappa shape index (κ1) is 25.8. The molecule has 2 N–H and O–H groups in total. The van der Waals surface area contributed by atoms with Gasteiger partial charge in [-0.3, -0.25) is 0 Å². The number of nitrogens with one attached hydrogen (secondary N) is 2. The summed E-state index contributed by atoms with van der Waals surface area (Å²) in [5.41, 5.74) is 1.66. The van der Waals surface area contributed by atoms with Gasteiger partial charge in [0.05, 0.1) is 50.0 Å². The summed E-state index contributed by atoms with van der Waals surface area (Å²) >= 11 is 0. The number of hydrogen-bond acceptors (Lipinski definition) is 6. The van der Waals surface area contributed by atoms with Crippen molar-refractivity contribution in [3.8, 4) is 24.3 Å².